The molecule has 1 heterocycles. The summed E-state index contributed by atoms with van der Waals surface area (Å²) in [5.74, 6) is -2.32. The maximum Gasteiger partial charge on any atom is 0.345 e. The van der Waals surface area contributed by atoms with Crippen LogP contribution in [0.4, 0.5) is 8.78 Å². The van der Waals surface area contributed by atoms with Crippen molar-refractivity contribution in [3.63, 3.8) is 0 Å². The van der Waals surface area contributed by atoms with Crippen LogP contribution in [0.15, 0.2) is 0 Å². The van der Waals surface area contributed by atoms with Gasteiger partial charge in [-0.3, -0.25) is 4.79 Å². The Morgan fingerprint density at radius 3 is 2.70 bits per heavy atom. The topological polar surface area (TPSA) is 26.3 Å². The van der Waals surface area contributed by atoms with Crippen LogP contribution in [0.5, 0.6) is 0 Å². The van der Waals surface area contributed by atoms with Gasteiger partial charge in [-0.2, -0.15) is 4.39 Å². The largest absolute Gasteiger partial charge is 0.414 e. The molecule has 0 radical (unpaired) electrons. The Bertz CT molecular complexity index is 208. The molecule has 0 aliphatic carbocycles. The van der Waals surface area contributed by atoms with Gasteiger partial charge in [0.15, 0.2) is 6.17 Å². The summed E-state index contributed by atoms with van der Waals surface area (Å²) in [4.78, 5) is 10.2. The van der Waals surface area contributed by atoms with E-state index in [4.69, 9.17) is 0 Å². The third kappa shape index (κ3) is 0.838. The van der Waals surface area contributed by atoms with Crippen LogP contribution in [0.25, 0.3) is 0 Å². The quantitative estimate of drug-likeness (QED) is 0.369. The fourth-order valence-electron chi connectivity index (χ4n) is 0.669. The highest BCUT2D eigenvalue weighted by Crippen LogP contribution is 2.30. The van der Waals surface area contributed by atoms with Gasteiger partial charge in [0.2, 0.25) is 0 Å². The van der Waals surface area contributed by atoms with Gasteiger partial charge in [0, 0.05) is 0 Å². The first-order valence-electron chi connectivity index (χ1n) is 2.61. The number of carbonyl (C=O) groups is 1. The Morgan fingerprint density at radius 1 is 1.90 bits per heavy atom. The number of alkyl halides is 2. The first-order valence-corrected chi connectivity index (χ1v) is 2.61. The van der Waals surface area contributed by atoms with E-state index >= 15 is 0 Å². The van der Waals surface area contributed by atoms with E-state index in [-0.39, 0.29) is 0 Å². The van der Waals surface area contributed by atoms with Crippen LogP contribution in [-0.2, 0) is 9.53 Å². The third-order valence-electron chi connectivity index (χ3n) is 1.21. The van der Waals surface area contributed by atoms with Gasteiger partial charge in [-0.05, 0) is 5.92 Å². The number of ether oxygens (including phenoxy) is 1. The molecule has 0 spiro atoms. The molecule has 1 aliphatic rings. The minimum Gasteiger partial charge on any atom is -0.414 e. The van der Waals surface area contributed by atoms with Crippen LogP contribution in [0.3, 0.4) is 0 Å². The van der Waals surface area contributed by atoms with Gasteiger partial charge in [-0.15, -0.1) is 6.42 Å². The number of terminal acetylenes is 1. The summed E-state index contributed by atoms with van der Waals surface area (Å²) in [6, 6.07) is 0. The zero-order valence-corrected chi connectivity index (χ0v) is 4.93. The molecule has 10 heavy (non-hydrogen) atoms. The molecule has 2 atom stereocenters. The maximum absolute atomic E-state index is 12.6. The molecular formula is C6H4F2O2. The summed E-state index contributed by atoms with van der Waals surface area (Å²) in [5, 5.41) is 0. The van der Waals surface area contributed by atoms with Crippen molar-refractivity contribution in [1.82, 2.24) is 0 Å². The van der Waals surface area contributed by atoms with E-state index in [0.29, 0.717) is 0 Å². The molecule has 0 aromatic rings. The van der Waals surface area contributed by atoms with Gasteiger partial charge in [0.1, 0.15) is 0 Å². The van der Waals surface area contributed by atoms with Gasteiger partial charge in [0.05, 0.1) is 6.42 Å². The monoisotopic (exact) mass is 146 g/mol. The Labute approximate surface area is 56.2 Å². The van der Waals surface area contributed by atoms with Crippen molar-refractivity contribution in [2.75, 3.05) is 0 Å². The lowest BCUT2D eigenvalue weighted by Crippen LogP contribution is -2.28. The lowest BCUT2D eigenvalue weighted by Gasteiger charge is -2.11. The predicted octanol–water partition coefficient (Wildman–Crippen LogP) is 0.570. The fourth-order valence-corrected chi connectivity index (χ4v) is 0.669. The van der Waals surface area contributed by atoms with Crippen LogP contribution in [0.2, 0.25) is 0 Å². The standard InChI is InChI=1S/C6H4F2O2/c1-2-6(8)4(7)3-5(9)10-6/h1,4H,3H2. The molecule has 54 valence electrons. The van der Waals surface area contributed by atoms with Crippen LogP contribution in [-0.4, -0.2) is 18.0 Å². The summed E-state index contributed by atoms with van der Waals surface area (Å²) in [5.41, 5.74) is 0. The molecular weight excluding hydrogens is 142 g/mol. The number of rotatable bonds is 0. The Balaban J connectivity index is 2.83. The van der Waals surface area contributed by atoms with Crippen molar-refractivity contribution in [1.29, 1.82) is 0 Å². The Kier molecular flexibility index (Phi) is 1.36. The van der Waals surface area contributed by atoms with Crippen LogP contribution >= 0.6 is 0 Å². The minimum atomic E-state index is -2.82. The zero-order chi connectivity index (χ0) is 7.78. The van der Waals surface area contributed by atoms with E-state index in [9.17, 15) is 13.6 Å². The number of halogens is 2. The van der Waals surface area contributed by atoms with E-state index in [1.54, 1.807) is 0 Å². The van der Waals surface area contributed by atoms with E-state index in [1.165, 1.54) is 5.92 Å². The SMILES string of the molecule is C#CC1(F)OC(=O)CC1F. The van der Waals surface area contributed by atoms with E-state index in [0.717, 1.165) is 0 Å². The third-order valence-corrected chi connectivity index (χ3v) is 1.21. The van der Waals surface area contributed by atoms with Crippen molar-refractivity contribution >= 4 is 5.97 Å². The molecule has 0 aromatic carbocycles. The van der Waals surface area contributed by atoms with E-state index < -0.39 is 24.4 Å². The number of esters is 1. The lowest BCUT2D eigenvalue weighted by atomic mass is 10.2. The molecule has 1 saturated heterocycles. The lowest BCUT2D eigenvalue weighted by molar-refractivity contribution is -0.157. The van der Waals surface area contributed by atoms with Gasteiger partial charge < -0.3 is 4.74 Å². The Hall–Kier alpha value is -1.11. The summed E-state index contributed by atoms with van der Waals surface area (Å²) < 4.78 is 28.9. The highest BCUT2D eigenvalue weighted by Gasteiger charge is 2.49. The summed E-state index contributed by atoms with van der Waals surface area (Å²) >= 11 is 0. The molecule has 2 unspecified atom stereocenters. The molecule has 4 heteroatoms. The molecule has 1 rings (SSSR count). The zero-order valence-electron chi connectivity index (χ0n) is 4.93. The van der Waals surface area contributed by atoms with E-state index in [1.807, 2.05) is 0 Å². The molecule has 0 aromatic heterocycles. The second-order valence-corrected chi connectivity index (χ2v) is 1.94. The fraction of sp³-hybridized carbons (Fsp3) is 0.500. The molecule has 1 aliphatic heterocycles. The molecule has 0 bridgehead atoms. The molecule has 0 amide bonds. The van der Waals surface area contributed by atoms with E-state index in [2.05, 4.69) is 11.2 Å². The van der Waals surface area contributed by atoms with Gasteiger partial charge in [0.25, 0.3) is 0 Å². The molecule has 2 nitrogen and oxygen atoms in total. The minimum absolute atomic E-state index is 0.597. The number of hydrogen-bond donors (Lipinski definition) is 0. The van der Waals surface area contributed by atoms with Crippen LogP contribution < -0.4 is 0 Å². The summed E-state index contributed by atoms with van der Waals surface area (Å²) in [6.45, 7) is 0. The van der Waals surface area contributed by atoms with Gasteiger partial charge >= 0.3 is 11.8 Å². The number of carbonyl (C=O) groups excluding carboxylic acids is 1. The average Bonchev–Trinajstić information content (AvgIpc) is 2.09. The van der Waals surface area contributed by atoms with Crippen molar-refractivity contribution in [2.45, 2.75) is 18.4 Å². The molecule has 0 saturated carbocycles. The summed E-state index contributed by atoms with van der Waals surface area (Å²) in [6.07, 6.45) is 1.96. The first kappa shape index (κ1) is 7.00. The maximum atomic E-state index is 12.6. The smallest absolute Gasteiger partial charge is 0.345 e. The summed E-state index contributed by atoms with van der Waals surface area (Å²) in [7, 11) is 0. The predicted molar refractivity (Wildman–Crippen MR) is 28.3 cm³/mol. The van der Waals surface area contributed by atoms with Crippen LogP contribution in [0, 0.1) is 12.3 Å². The van der Waals surface area contributed by atoms with Crippen molar-refractivity contribution < 1.29 is 18.3 Å². The second kappa shape index (κ2) is 1.94. The normalized spacial score (nSPS) is 38.9. The number of hydrogen-bond acceptors (Lipinski definition) is 2. The second-order valence-electron chi connectivity index (χ2n) is 1.94. The van der Waals surface area contributed by atoms with Gasteiger partial charge in [-0.25, -0.2) is 4.39 Å². The number of cyclic esters (lactones) is 1. The Morgan fingerprint density at radius 2 is 2.50 bits per heavy atom. The van der Waals surface area contributed by atoms with Crippen LogP contribution in [0.1, 0.15) is 6.42 Å². The average molecular weight is 146 g/mol. The molecule has 1 fully saturated rings. The van der Waals surface area contributed by atoms with Crippen molar-refractivity contribution in [2.24, 2.45) is 0 Å². The van der Waals surface area contributed by atoms with Crippen molar-refractivity contribution in [3.05, 3.63) is 0 Å². The first-order chi connectivity index (χ1) is 4.58. The highest BCUT2D eigenvalue weighted by atomic mass is 19.2. The highest BCUT2D eigenvalue weighted by molar-refractivity contribution is 5.73. The molecule has 0 N–H and O–H groups in total. The van der Waals surface area contributed by atoms with Crippen molar-refractivity contribution in [3.8, 4) is 12.3 Å². The van der Waals surface area contributed by atoms with Gasteiger partial charge in [-0.1, -0.05) is 0 Å².